The first-order valence-corrected chi connectivity index (χ1v) is 12.2. The molecular weight excluding hydrogens is 446 g/mol. The first-order valence-electron chi connectivity index (χ1n) is 10.8. The van der Waals surface area contributed by atoms with Gasteiger partial charge in [-0.2, -0.15) is 4.31 Å². The fourth-order valence-electron chi connectivity index (χ4n) is 3.40. The van der Waals surface area contributed by atoms with E-state index in [1.807, 2.05) is 0 Å². The van der Waals surface area contributed by atoms with Gasteiger partial charge in [0.25, 0.3) is 0 Å². The minimum Gasteiger partial charge on any atom is -0.462 e. The van der Waals surface area contributed by atoms with Gasteiger partial charge in [0, 0.05) is 25.3 Å². The smallest absolute Gasteiger partial charge is 0.338 e. The van der Waals surface area contributed by atoms with Crippen LogP contribution in [0.5, 0.6) is 0 Å². The monoisotopic (exact) mass is 473 g/mol. The molecule has 2 N–H and O–H groups in total. The number of rotatable bonds is 8. The van der Waals surface area contributed by atoms with Gasteiger partial charge in [-0.1, -0.05) is 12.1 Å². The van der Waals surface area contributed by atoms with Crippen LogP contribution in [-0.4, -0.2) is 56.7 Å². The number of carbonyl (C=O) groups excluding carboxylic acids is 3. The van der Waals surface area contributed by atoms with Crippen LogP contribution in [0.15, 0.2) is 53.4 Å². The highest BCUT2D eigenvalue weighted by molar-refractivity contribution is 7.89. The number of anilines is 1. The molecule has 0 spiro atoms. The predicted molar refractivity (Wildman–Crippen MR) is 122 cm³/mol. The summed E-state index contributed by atoms with van der Waals surface area (Å²) in [7, 11) is -3.46. The zero-order valence-corrected chi connectivity index (χ0v) is 19.2. The van der Waals surface area contributed by atoms with E-state index >= 15 is 0 Å². The molecule has 0 bridgehead atoms. The zero-order valence-electron chi connectivity index (χ0n) is 18.4. The SMILES string of the molecule is CCOC(=O)c1ccc(NC(=O)C(=O)NCCc2ccc(S(=O)(=O)N3CCCC3)cc2)cc1. The number of hydrogen-bond donors (Lipinski definition) is 2. The van der Waals surface area contributed by atoms with Gasteiger partial charge in [0.05, 0.1) is 17.1 Å². The molecule has 0 unspecified atom stereocenters. The van der Waals surface area contributed by atoms with Crippen molar-refractivity contribution in [1.82, 2.24) is 9.62 Å². The molecule has 1 aliphatic heterocycles. The Bertz CT molecular complexity index is 1090. The Balaban J connectivity index is 1.46. The summed E-state index contributed by atoms with van der Waals surface area (Å²) >= 11 is 0. The molecule has 33 heavy (non-hydrogen) atoms. The van der Waals surface area contributed by atoms with E-state index in [1.165, 1.54) is 28.6 Å². The molecule has 1 aliphatic rings. The summed E-state index contributed by atoms with van der Waals surface area (Å²) in [5.41, 5.74) is 1.56. The minimum absolute atomic E-state index is 0.215. The number of benzene rings is 2. The fraction of sp³-hybridized carbons (Fsp3) is 0.348. The summed E-state index contributed by atoms with van der Waals surface area (Å²) in [6.45, 7) is 3.28. The van der Waals surface area contributed by atoms with Crippen molar-refractivity contribution < 1.29 is 27.5 Å². The molecule has 0 atom stereocenters. The average Bonchev–Trinajstić information content (AvgIpc) is 3.36. The predicted octanol–water partition coefficient (Wildman–Crippen LogP) is 1.95. The Morgan fingerprint density at radius 1 is 0.939 bits per heavy atom. The van der Waals surface area contributed by atoms with E-state index in [-0.39, 0.29) is 18.0 Å². The number of esters is 1. The summed E-state index contributed by atoms with van der Waals surface area (Å²) in [4.78, 5) is 36.0. The Hall–Kier alpha value is -3.24. The molecule has 1 saturated heterocycles. The van der Waals surface area contributed by atoms with Crippen LogP contribution < -0.4 is 10.6 Å². The topological polar surface area (TPSA) is 122 Å². The average molecular weight is 474 g/mol. The second-order valence-corrected chi connectivity index (χ2v) is 9.45. The van der Waals surface area contributed by atoms with Gasteiger partial charge in [0.2, 0.25) is 10.0 Å². The van der Waals surface area contributed by atoms with E-state index < -0.39 is 27.8 Å². The molecule has 176 valence electrons. The van der Waals surface area contributed by atoms with Crippen molar-refractivity contribution in [2.24, 2.45) is 0 Å². The van der Waals surface area contributed by atoms with E-state index in [2.05, 4.69) is 10.6 Å². The number of nitrogens with zero attached hydrogens (tertiary/aromatic N) is 1. The molecule has 10 heteroatoms. The van der Waals surface area contributed by atoms with Crippen molar-refractivity contribution in [2.75, 3.05) is 31.6 Å². The molecule has 2 aromatic carbocycles. The number of amides is 2. The van der Waals surface area contributed by atoms with Crippen LogP contribution in [0.2, 0.25) is 0 Å². The van der Waals surface area contributed by atoms with Crippen LogP contribution in [0.1, 0.15) is 35.7 Å². The van der Waals surface area contributed by atoms with Gasteiger partial charge in [-0.15, -0.1) is 0 Å². The van der Waals surface area contributed by atoms with Gasteiger partial charge >= 0.3 is 17.8 Å². The molecule has 0 radical (unpaired) electrons. The molecule has 0 aliphatic carbocycles. The highest BCUT2D eigenvalue weighted by Crippen LogP contribution is 2.21. The highest BCUT2D eigenvalue weighted by atomic mass is 32.2. The van der Waals surface area contributed by atoms with Crippen LogP contribution in [-0.2, 0) is 30.8 Å². The van der Waals surface area contributed by atoms with Gasteiger partial charge < -0.3 is 15.4 Å². The Morgan fingerprint density at radius 2 is 1.58 bits per heavy atom. The summed E-state index contributed by atoms with van der Waals surface area (Å²) < 4.78 is 31.5. The lowest BCUT2D eigenvalue weighted by Gasteiger charge is -2.15. The van der Waals surface area contributed by atoms with Crippen molar-refractivity contribution in [3.05, 3.63) is 59.7 Å². The zero-order chi connectivity index (χ0) is 23.8. The van der Waals surface area contributed by atoms with Gasteiger partial charge in [0.1, 0.15) is 0 Å². The van der Waals surface area contributed by atoms with Gasteiger partial charge in [0.15, 0.2) is 0 Å². The highest BCUT2D eigenvalue weighted by Gasteiger charge is 2.26. The van der Waals surface area contributed by atoms with Crippen molar-refractivity contribution >= 4 is 33.5 Å². The molecule has 1 heterocycles. The standard InChI is InChI=1S/C23H27N3O6S/c1-2-32-23(29)18-7-9-19(10-8-18)25-22(28)21(27)24-14-13-17-5-11-20(12-6-17)33(30,31)26-15-3-4-16-26/h5-12H,2-4,13-16H2,1H3,(H,24,27)(H,25,28). The lowest BCUT2D eigenvalue weighted by atomic mass is 10.1. The maximum absolute atomic E-state index is 12.6. The first-order chi connectivity index (χ1) is 15.8. The minimum atomic E-state index is -3.46. The largest absolute Gasteiger partial charge is 0.462 e. The third kappa shape index (κ3) is 6.39. The van der Waals surface area contributed by atoms with Crippen molar-refractivity contribution in [3.63, 3.8) is 0 Å². The number of ether oxygens (including phenoxy) is 1. The van der Waals surface area contributed by atoms with E-state index in [0.29, 0.717) is 30.8 Å². The fourth-order valence-corrected chi connectivity index (χ4v) is 4.92. The summed E-state index contributed by atoms with van der Waals surface area (Å²) in [5.74, 6) is -2.08. The number of hydrogen-bond acceptors (Lipinski definition) is 6. The Labute approximate surface area is 193 Å². The molecule has 2 aromatic rings. The van der Waals surface area contributed by atoms with E-state index in [1.54, 1.807) is 31.2 Å². The third-order valence-electron chi connectivity index (χ3n) is 5.19. The van der Waals surface area contributed by atoms with Gasteiger partial charge in [-0.3, -0.25) is 9.59 Å². The van der Waals surface area contributed by atoms with Crippen LogP contribution >= 0.6 is 0 Å². The molecule has 0 saturated carbocycles. The molecule has 3 rings (SSSR count). The van der Waals surface area contributed by atoms with E-state index in [9.17, 15) is 22.8 Å². The Kier molecular flexibility index (Phi) is 8.18. The van der Waals surface area contributed by atoms with Crippen LogP contribution in [0.3, 0.4) is 0 Å². The molecule has 2 amide bonds. The molecular formula is C23H27N3O6S. The van der Waals surface area contributed by atoms with Crippen LogP contribution in [0.25, 0.3) is 0 Å². The van der Waals surface area contributed by atoms with E-state index in [4.69, 9.17) is 4.74 Å². The lowest BCUT2D eigenvalue weighted by Crippen LogP contribution is -2.36. The Morgan fingerprint density at radius 3 is 2.18 bits per heavy atom. The lowest BCUT2D eigenvalue weighted by molar-refractivity contribution is -0.136. The summed E-state index contributed by atoms with van der Waals surface area (Å²) in [6.07, 6.45) is 2.20. The quantitative estimate of drug-likeness (QED) is 0.446. The normalized spacial score (nSPS) is 14.0. The number of sulfonamides is 1. The van der Waals surface area contributed by atoms with Gasteiger partial charge in [-0.25, -0.2) is 13.2 Å². The van der Waals surface area contributed by atoms with Gasteiger partial charge in [-0.05, 0) is 68.1 Å². The van der Waals surface area contributed by atoms with Crippen LogP contribution in [0.4, 0.5) is 5.69 Å². The summed E-state index contributed by atoms with van der Waals surface area (Å²) in [5, 5.41) is 5.00. The van der Waals surface area contributed by atoms with E-state index in [0.717, 1.165) is 18.4 Å². The summed E-state index contributed by atoms with van der Waals surface area (Å²) in [6, 6.07) is 12.6. The maximum atomic E-state index is 12.6. The molecule has 9 nitrogen and oxygen atoms in total. The van der Waals surface area contributed by atoms with Crippen molar-refractivity contribution in [2.45, 2.75) is 31.1 Å². The second kappa shape index (κ2) is 11.1. The van der Waals surface area contributed by atoms with Crippen molar-refractivity contribution in [3.8, 4) is 0 Å². The van der Waals surface area contributed by atoms with Crippen molar-refractivity contribution in [1.29, 1.82) is 0 Å². The maximum Gasteiger partial charge on any atom is 0.338 e. The first kappa shape index (κ1) is 24.4. The number of nitrogens with one attached hydrogen (secondary N) is 2. The third-order valence-corrected chi connectivity index (χ3v) is 7.10. The molecule has 0 aromatic heterocycles. The number of carbonyl (C=O) groups is 3. The van der Waals surface area contributed by atoms with Crippen LogP contribution in [0, 0.1) is 0 Å². The molecule has 1 fully saturated rings. The second-order valence-electron chi connectivity index (χ2n) is 7.51.